The molecule has 2 aromatic heterocycles. The van der Waals surface area contributed by atoms with Gasteiger partial charge in [0.2, 0.25) is 0 Å². The Morgan fingerprint density at radius 1 is 1.40 bits per heavy atom. The molecule has 2 aromatic rings. The molecule has 0 unspecified atom stereocenters. The smallest absolute Gasteiger partial charge is 0.320 e. The second-order valence-corrected chi connectivity index (χ2v) is 7.48. The third-order valence-corrected chi connectivity index (χ3v) is 5.88. The summed E-state index contributed by atoms with van der Waals surface area (Å²) >= 11 is 0. The van der Waals surface area contributed by atoms with Crippen LogP contribution in [0.2, 0.25) is 0 Å². The van der Waals surface area contributed by atoms with Gasteiger partial charge in [0, 0.05) is 25.8 Å². The predicted molar refractivity (Wildman–Crippen MR) is 95.8 cm³/mol. The van der Waals surface area contributed by atoms with Crippen molar-refractivity contribution in [3.63, 3.8) is 0 Å². The van der Waals surface area contributed by atoms with E-state index in [4.69, 9.17) is 4.42 Å². The van der Waals surface area contributed by atoms with Crippen molar-refractivity contribution in [3.8, 4) is 0 Å². The summed E-state index contributed by atoms with van der Waals surface area (Å²) in [6.07, 6.45) is 7.32. The minimum atomic E-state index is -0.669. The summed E-state index contributed by atoms with van der Waals surface area (Å²) in [7, 11) is 0. The Morgan fingerprint density at radius 2 is 2.20 bits per heavy atom. The van der Waals surface area contributed by atoms with Crippen LogP contribution in [0.15, 0.2) is 29.0 Å². The fourth-order valence-electron chi connectivity index (χ4n) is 4.60. The normalized spacial score (nSPS) is 23.6. The lowest BCUT2D eigenvalue weighted by molar-refractivity contribution is -0.142. The van der Waals surface area contributed by atoms with Crippen molar-refractivity contribution in [2.45, 2.75) is 38.6 Å². The number of carboxylic acids is 1. The van der Waals surface area contributed by atoms with Gasteiger partial charge in [0.1, 0.15) is 17.4 Å². The van der Waals surface area contributed by atoms with Crippen LogP contribution in [-0.2, 0) is 4.79 Å². The number of nitrogens with zero attached hydrogens (tertiary/aromatic N) is 3. The number of aromatic nitrogens is 1. The molecule has 2 aliphatic rings. The highest BCUT2D eigenvalue weighted by molar-refractivity contribution is 5.88. The molecule has 2 fully saturated rings. The fraction of sp³-hybridized carbons (Fsp3) is 0.579. The lowest BCUT2D eigenvalue weighted by atomic mass is 9.76. The van der Waals surface area contributed by atoms with E-state index in [9.17, 15) is 9.90 Å². The molecular formula is C19H25N3O3. The van der Waals surface area contributed by atoms with Crippen LogP contribution < -0.4 is 4.90 Å². The molecule has 2 aliphatic heterocycles. The zero-order chi connectivity index (χ0) is 17.4. The van der Waals surface area contributed by atoms with Crippen LogP contribution in [0.4, 0.5) is 5.82 Å². The van der Waals surface area contributed by atoms with E-state index in [1.54, 1.807) is 12.5 Å². The molecule has 0 aliphatic carbocycles. The third kappa shape index (κ3) is 2.88. The number of hydrogen-bond acceptors (Lipinski definition) is 5. The number of rotatable bonds is 4. The fourth-order valence-corrected chi connectivity index (χ4v) is 4.60. The number of fused-ring (bicyclic) bond motifs is 1. The first-order chi connectivity index (χ1) is 12.1. The lowest BCUT2D eigenvalue weighted by Gasteiger charge is -2.40. The lowest BCUT2D eigenvalue weighted by Crippen LogP contribution is -2.42. The maximum atomic E-state index is 11.6. The summed E-state index contributed by atoms with van der Waals surface area (Å²) in [4.78, 5) is 20.7. The van der Waals surface area contributed by atoms with Gasteiger partial charge in [0.25, 0.3) is 0 Å². The van der Waals surface area contributed by atoms with Gasteiger partial charge >= 0.3 is 5.97 Å². The summed E-state index contributed by atoms with van der Waals surface area (Å²) in [5.74, 6) is 0.317. The maximum Gasteiger partial charge on any atom is 0.320 e. The van der Waals surface area contributed by atoms with E-state index < -0.39 is 5.97 Å². The van der Waals surface area contributed by atoms with Crippen LogP contribution in [0.25, 0.3) is 11.0 Å². The number of hydrogen-bond donors (Lipinski definition) is 1. The van der Waals surface area contributed by atoms with Crippen LogP contribution in [0.5, 0.6) is 0 Å². The van der Waals surface area contributed by atoms with Crippen molar-refractivity contribution in [3.05, 3.63) is 24.6 Å². The molecule has 4 heterocycles. The van der Waals surface area contributed by atoms with Crippen molar-refractivity contribution < 1.29 is 14.3 Å². The van der Waals surface area contributed by atoms with Gasteiger partial charge in [0.05, 0.1) is 11.6 Å². The van der Waals surface area contributed by atoms with E-state index in [0.29, 0.717) is 0 Å². The van der Waals surface area contributed by atoms with Crippen molar-refractivity contribution in [1.29, 1.82) is 0 Å². The highest BCUT2D eigenvalue weighted by atomic mass is 16.4. The first kappa shape index (κ1) is 16.4. The van der Waals surface area contributed by atoms with Crippen molar-refractivity contribution in [2.24, 2.45) is 5.41 Å². The Kier molecular flexibility index (Phi) is 4.15. The first-order valence-electron chi connectivity index (χ1n) is 9.16. The number of piperidine rings is 1. The summed E-state index contributed by atoms with van der Waals surface area (Å²) in [6.45, 7) is 5.74. The number of anilines is 1. The number of carboxylic acid groups (broad SMARTS) is 1. The van der Waals surface area contributed by atoms with Gasteiger partial charge in [-0.15, -0.1) is 0 Å². The maximum absolute atomic E-state index is 11.6. The molecule has 1 atom stereocenters. The van der Waals surface area contributed by atoms with E-state index in [-0.39, 0.29) is 11.5 Å². The van der Waals surface area contributed by atoms with E-state index in [1.165, 1.54) is 0 Å². The highest BCUT2D eigenvalue weighted by Crippen LogP contribution is 2.44. The second-order valence-electron chi connectivity index (χ2n) is 7.48. The molecule has 0 bridgehead atoms. The van der Waals surface area contributed by atoms with Gasteiger partial charge in [-0.05, 0) is 49.8 Å². The van der Waals surface area contributed by atoms with E-state index >= 15 is 0 Å². The highest BCUT2D eigenvalue weighted by Gasteiger charge is 2.47. The second kappa shape index (κ2) is 6.33. The Morgan fingerprint density at radius 3 is 2.92 bits per heavy atom. The zero-order valence-corrected chi connectivity index (χ0v) is 14.6. The Labute approximate surface area is 147 Å². The molecule has 25 heavy (non-hydrogen) atoms. The van der Waals surface area contributed by atoms with Gasteiger partial charge in [0.15, 0.2) is 0 Å². The van der Waals surface area contributed by atoms with Gasteiger partial charge < -0.3 is 14.4 Å². The molecular weight excluding hydrogens is 318 g/mol. The summed E-state index contributed by atoms with van der Waals surface area (Å²) in [6, 6.07) is 3.55. The van der Waals surface area contributed by atoms with E-state index in [0.717, 1.165) is 68.6 Å². The third-order valence-electron chi connectivity index (χ3n) is 5.88. The summed E-state index contributed by atoms with van der Waals surface area (Å²) in [5, 5.41) is 10.6. The average Bonchev–Trinajstić information content (AvgIpc) is 3.21. The molecule has 0 saturated carbocycles. The quantitative estimate of drug-likeness (QED) is 0.920. The van der Waals surface area contributed by atoms with Gasteiger partial charge in [-0.3, -0.25) is 9.69 Å². The molecule has 0 amide bonds. The van der Waals surface area contributed by atoms with Crippen molar-refractivity contribution >= 4 is 22.8 Å². The monoisotopic (exact) mass is 343 g/mol. The molecule has 4 rings (SSSR count). The predicted octanol–water partition coefficient (Wildman–Crippen LogP) is 2.98. The van der Waals surface area contributed by atoms with Crippen LogP contribution in [0.3, 0.4) is 0 Å². The standard InChI is InChI=1S/C19H25N3O3/c1-2-8-22-13-19(12-15(22)18(23)24)5-9-21(10-6-19)17-14-4-11-25-16(14)3-7-20-17/h3-4,7,11,15H,2,5-6,8-10,12-13H2,1H3,(H,23,24)/t15-/m0/s1. The summed E-state index contributed by atoms with van der Waals surface area (Å²) in [5.41, 5.74) is 1.00. The van der Waals surface area contributed by atoms with Gasteiger partial charge in [-0.25, -0.2) is 4.98 Å². The number of pyridine rings is 1. The molecule has 0 aromatic carbocycles. The Hall–Kier alpha value is -2.08. The first-order valence-corrected chi connectivity index (χ1v) is 9.16. The number of aliphatic carboxylic acids is 1. The zero-order valence-electron chi connectivity index (χ0n) is 14.6. The topological polar surface area (TPSA) is 69.8 Å². The van der Waals surface area contributed by atoms with Crippen molar-refractivity contribution in [1.82, 2.24) is 9.88 Å². The van der Waals surface area contributed by atoms with E-state index in [1.807, 2.05) is 12.1 Å². The molecule has 1 N–H and O–H groups in total. The van der Waals surface area contributed by atoms with Crippen LogP contribution in [0, 0.1) is 5.41 Å². The number of furan rings is 1. The average molecular weight is 343 g/mol. The SMILES string of the molecule is CCCN1CC2(CCN(c3nccc4occc34)CC2)C[C@H]1C(=O)O. The van der Waals surface area contributed by atoms with Crippen molar-refractivity contribution in [2.75, 3.05) is 31.1 Å². The molecule has 134 valence electrons. The van der Waals surface area contributed by atoms with Gasteiger partial charge in [-0.1, -0.05) is 6.92 Å². The molecule has 0 radical (unpaired) electrons. The largest absolute Gasteiger partial charge is 0.480 e. The van der Waals surface area contributed by atoms with E-state index in [2.05, 4.69) is 21.7 Å². The number of likely N-dealkylation sites (tertiary alicyclic amines) is 1. The Bertz CT molecular complexity index is 764. The van der Waals surface area contributed by atoms with Gasteiger partial charge in [-0.2, -0.15) is 0 Å². The Balaban J connectivity index is 1.50. The molecule has 2 saturated heterocycles. The number of carbonyl (C=O) groups is 1. The minimum absolute atomic E-state index is 0.138. The van der Waals surface area contributed by atoms with Crippen LogP contribution in [-0.4, -0.2) is 53.2 Å². The van der Waals surface area contributed by atoms with Crippen LogP contribution in [0.1, 0.15) is 32.6 Å². The molecule has 6 nitrogen and oxygen atoms in total. The molecule has 6 heteroatoms. The summed E-state index contributed by atoms with van der Waals surface area (Å²) < 4.78 is 5.49. The molecule has 1 spiro atoms. The van der Waals surface area contributed by atoms with Crippen LogP contribution >= 0.6 is 0 Å². The minimum Gasteiger partial charge on any atom is -0.480 e.